The predicted octanol–water partition coefficient (Wildman–Crippen LogP) is 0.675. The maximum absolute atomic E-state index is 5.14. The Bertz CT molecular complexity index is 403. The van der Waals surface area contributed by atoms with Crippen molar-refractivity contribution in [3.8, 4) is 5.88 Å². The second-order valence-corrected chi connectivity index (χ2v) is 5.02. The lowest BCUT2D eigenvalue weighted by Crippen LogP contribution is -2.29. The molecule has 0 radical (unpaired) electrons. The van der Waals surface area contributed by atoms with Crippen LogP contribution in [0.1, 0.15) is 12.8 Å². The van der Waals surface area contributed by atoms with Crippen molar-refractivity contribution < 1.29 is 4.74 Å². The molecule has 0 amide bonds. The van der Waals surface area contributed by atoms with Gasteiger partial charge in [0.2, 0.25) is 5.88 Å². The van der Waals surface area contributed by atoms with Crippen LogP contribution in [0.3, 0.4) is 0 Å². The van der Waals surface area contributed by atoms with E-state index in [2.05, 4.69) is 20.2 Å². The molecule has 1 N–H and O–H groups in total. The summed E-state index contributed by atoms with van der Waals surface area (Å²) in [6.07, 6.45) is 4.12. The van der Waals surface area contributed by atoms with E-state index in [1.807, 2.05) is 6.07 Å². The van der Waals surface area contributed by atoms with Gasteiger partial charge in [0.05, 0.1) is 7.11 Å². The summed E-state index contributed by atoms with van der Waals surface area (Å²) in [5.41, 5.74) is 0.470. The smallest absolute Gasteiger partial charge is 0.218 e. The summed E-state index contributed by atoms with van der Waals surface area (Å²) in [5.74, 6) is 1.63. The fourth-order valence-corrected chi connectivity index (χ4v) is 2.89. The van der Waals surface area contributed by atoms with E-state index in [0.717, 1.165) is 32.0 Å². The van der Waals surface area contributed by atoms with Crippen LogP contribution in [0.5, 0.6) is 5.88 Å². The van der Waals surface area contributed by atoms with Gasteiger partial charge in [-0.25, -0.2) is 9.97 Å². The molecule has 5 nitrogen and oxygen atoms in total. The minimum atomic E-state index is 0.470. The fourth-order valence-electron chi connectivity index (χ4n) is 2.89. The van der Waals surface area contributed by atoms with Gasteiger partial charge in [0.15, 0.2) is 0 Å². The number of methoxy groups -OCH3 is 1. The lowest BCUT2D eigenvalue weighted by atomic mass is 9.87. The predicted molar refractivity (Wildman–Crippen MR) is 65.3 cm³/mol. The molecule has 2 aliphatic rings. The lowest BCUT2D eigenvalue weighted by Gasteiger charge is -2.23. The van der Waals surface area contributed by atoms with E-state index in [1.54, 1.807) is 13.4 Å². The normalized spacial score (nSPS) is 27.9. The lowest BCUT2D eigenvalue weighted by molar-refractivity contribution is 0.369. The van der Waals surface area contributed by atoms with Crippen molar-refractivity contribution in [2.45, 2.75) is 12.8 Å². The summed E-state index contributed by atoms with van der Waals surface area (Å²) in [4.78, 5) is 10.7. The van der Waals surface area contributed by atoms with Gasteiger partial charge < -0.3 is 15.0 Å². The highest BCUT2D eigenvalue weighted by atomic mass is 16.5. The first-order valence-electron chi connectivity index (χ1n) is 6.13. The van der Waals surface area contributed by atoms with E-state index in [9.17, 15) is 0 Å². The van der Waals surface area contributed by atoms with E-state index in [0.29, 0.717) is 11.3 Å². The van der Waals surface area contributed by atoms with Crippen LogP contribution in [-0.2, 0) is 0 Å². The summed E-state index contributed by atoms with van der Waals surface area (Å²) in [6, 6.07) is 1.92. The summed E-state index contributed by atoms with van der Waals surface area (Å²) in [5, 5.41) is 3.47. The Hall–Kier alpha value is -1.36. The largest absolute Gasteiger partial charge is 0.481 e. The highest BCUT2D eigenvalue weighted by Gasteiger charge is 2.40. The van der Waals surface area contributed by atoms with Gasteiger partial charge in [-0.15, -0.1) is 0 Å². The van der Waals surface area contributed by atoms with Crippen molar-refractivity contribution in [3.63, 3.8) is 0 Å². The Labute approximate surface area is 101 Å². The Kier molecular flexibility index (Phi) is 2.63. The molecule has 0 aliphatic carbocycles. The third kappa shape index (κ3) is 1.95. The molecule has 2 saturated heterocycles. The number of nitrogens with one attached hydrogen (secondary N) is 1. The molecule has 3 rings (SSSR count). The monoisotopic (exact) mass is 234 g/mol. The maximum atomic E-state index is 5.14. The number of anilines is 1. The Morgan fingerprint density at radius 2 is 2.35 bits per heavy atom. The molecule has 1 unspecified atom stereocenters. The molecule has 1 atom stereocenters. The van der Waals surface area contributed by atoms with Crippen LogP contribution < -0.4 is 15.0 Å². The molecule has 0 saturated carbocycles. The average Bonchev–Trinajstić information content (AvgIpc) is 3.01. The van der Waals surface area contributed by atoms with E-state index < -0.39 is 0 Å². The van der Waals surface area contributed by atoms with E-state index in [-0.39, 0.29) is 0 Å². The summed E-state index contributed by atoms with van der Waals surface area (Å²) in [6.45, 7) is 4.48. The third-order valence-electron chi connectivity index (χ3n) is 3.93. The second kappa shape index (κ2) is 4.14. The van der Waals surface area contributed by atoms with Crippen LogP contribution in [0.15, 0.2) is 12.4 Å². The van der Waals surface area contributed by atoms with Crippen molar-refractivity contribution in [1.82, 2.24) is 15.3 Å². The first-order valence-corrected chi connectivity index (χ1v) is 6.13. The van der Waals surface area contributed by atoms with Crippen LogP contribution in [0.25, 0.3) is 0 Å². The minimum absolute atomic E-state index is 0.470. The van der Waals surface area contributed by atoms with Crippen molar-refractivity contribution >= 4 is 5.82 Å². The van der Waals surface area contributed by atoms with Crippen molar-refractivity contribution in [1.29, 1.82) is 0 Å². The van der Waals surface area contributed by atoms with Crippen LogP contribution in [-0.4, -0.2) is 43.3 Å². The van der Waals surface area contributed by atoms with Crippen LogP contribution in [0.2, 0.25) is 0 Å². The molecule has 3 heterocycles. The second-order valence-electron chi connectivity index (χ2n) is 5.02. The zero-order valence-corrected chi connectivity index (χ0v) is 10.1. The first kappa shape index (κ1) is 10.8. The maximum Gasteiger partial charge on any atom is 0.218 e. The first-order chi connectivity index (χ1) is 8.31. The number of ether oxygens (including phenoxy) is 1. The average molecular weight is 234 g/mol. The highest BCUT2D eigenvalue weighted by molar-refractivity contribution is 5.42. The standard InChI is InChI=1S/C12H18N4O/c1-17-11-6-10(14-9-15-11)16-5-3-12(8-16)2-4-13-7-12/h6,9,13H,2-5,7-8H2,1H3. The molecule has 1 aromatic heterocycles. The molecular weight excluding hydrogens is 216 g/mol. The molecule has 0 bridgehead atoms. The molecule has 5 heteroatoms. The topological polar surface area (TPSA) is 50.3 Å². The Morgan fingerprint density at radius 1 is 1.41 bits per heavy atom. The molecule has 1 aromatic rings. The van der Waals surface area contributed by atoms with Gasteiger partial charge in [-0.2, -0.15) is 0 Å². The molecule has 2 aliphatic heterocycles. The summed E-state index contributed by atoms with van der Waals surface area (Å²) < 4.78 is 5.14. The fraction of sp³-hybridized carbons (Fsp3) is 0.667. The van der Waals surface area contributed by atoms with Crippen molar-refractivity contribution in [2.24, 2.45) is 5.41 Å². The number of aromatic nitrogens is 2. The molecule has 17 heavy (non-hydrogen) atoms. The van der Waals surface area contributed by atoms with Crippen molar-refractivity contribution in [2.75, 3.05) is 38.2 Å². The molecule has 0 aromatic carbocycles. The zero-order valence-electron chi connectivity index (χ0n) is 10.1. The van der Waals surface area contributed by atoms with Gasteiger partial charge in [-0.05, 0) is 19.4 Å². The van der Waals surface area contributed by atoms with Crippen LogP contribution >= 0.6 is 0 Å². The van der Waals surface area contributed by atoms with Gasteiger partial charge >= 0.3 is 0 Å². The molecular formula is C12H18N4O. The van der Waals surface area contributed by atoms with Gasteiger partial charge in [0.1, 0.15) is 12.1 Å². The SMILES string of the molecule is COc1cc(N2CCC3(CCNC3)C2)ncn1. The third-order valence-corrected chi connectivity index (χ3v) is 3.93. The Morgan fingerprint density at radius 3 is 3.12 bits per heavy atom. The quantitative estimate of drug-likeness (QED) is 0.815. The molecule has 1 spiro atoms. The van der Waals surface area contributed by atoms with Crippen LogP contribution in [0, 0.1) is 5.41 Å². The van der Waals surface area contributed by atoms with Crippen molar-refractivity contribution in [3.05, 3.63) is 12.4 Å². The number of hydrogen-bond donors (Lipinski definition) is 1. The number of nitrogens with zero attached hydrogens (tertiary/aromatic N) is 3. The number of rotatable bonds is 2. The highest BCUT2D eigenvalue weighted by Crippen LogP contribution is 2.37. The van der Waals surface area contributed by atoms with Gasteiger partial charge in [-0.1, -0.05) is 0 Å². The van der Waals surface area contributed by atoms with E-state index >= 15 is 0 Å². The van der Waals surface area contributed by atoms with Gasteiger partial charge in [0.25, 0.3) is 0 Å². The zero-order chi connectivity index (χ0) is 11.7. The number of hydrogen-bond acceptors (Lipinski definition) is 5. The molecule has 92 valence electrons. The summed E-state index contributed by atoms with van der Waals surface area (Å²) >= 11 is 0. The van der Waals surface area contributed by atoms with Gasteiger partial charge in [0, 0.05) is 31.1 Å². The molecule has 2 fully saturated rings. The van der Waals surface area contributed by atoms with E-state index in [1.165, 1.54) is 12.8 Å². The Balaban J connectivity index is 1.77. The van der Waals surface area contributed by atoms with E-state index in [4.69, 9.17) is 4.74 Å². The summed E-state index contributed by atoms with van der Waals surface area (Å²) in [7, 11) is 1.64. The minimum Gasteiger partial charge on any atom is -0.481 e. The van der Waals surface area contributed by atoms with Crippen LogP contribution in [0.4, 0.5) is 5.82 Å². The van der Waals surface area contributed by atoms with Gasteiger partial charge in [-0.3, -0.25) is 0 Å².